The van der Waals surface area contributed by atoms with Gasteiger partial charge in [-0.15, -0.1) is 0 Å². The minimum absolute atomic E-state index is 0.414. The Hall–Kier alpha value is -0.770. The van der Waals surface area contributed by atoms with E-state index in [1.807, 2.05) is 17.8 Å². The van der Waals surface area contributed by atoms with Crippen molar-refractivity contribution in [2.75, 3.05) is 11.1 Å². The third kappa shape index (κ3) is 3.11. The van der Waals surface area contributed by atoms with Gasteiger partial charge in [0.1, 0.15) is 0 Å². The van der Waals surface area contributed by atoms with Crippen LogP contribution in [0.1, 0.15) is 26.2 Å². The van der Waals surface area contributed by atoms with E-state index in [0.717, 1.165) is 10.9 Å². The van der Waals surface area contributed by atoms with Crippen LogP contribution in [0.2, 0.25) is 0 Å². The first-order chi connectivity index (χ1) is 7.78. The van der Waals surface area contributed by atoms with Crippen molar-refractivity contribution in [3.63, 3.8) is 0 Å². The lowest BCUT2D eigenvalue weighted by atomic mass is 10.2. The second kappa shape index (κ2) is 5.53. The van der Waals surface area contributed by atoms with Crippen LogP contribution in [0, 0.1) is 5.95 Å². The van der Waals surface area contributed by atoms with Crippen molar-refractivity contribution in [1.29, 1.82) is 0 Å². The Morgan fingerprint density at radius 3 is 3.19 bits per heavy atom. The van der Waals surface area contributed by atoms with Gasteiger partial charge in [0, 0.05) is 29.2 Å². The molecule has 1 aromatic rings. The van der Waals surface area contributed by atoms with Gasteiger partial charge in [-0.2, -0.15) is 16.2 Å². The van der Waals surface area contributed by atoms with E-state index in [0.29, 0.717) is 6.04 Å². The van der Waals surface area contributed by atoms with Crippen molar-refractivity contribution in [2.24, 2.45) is 0 Å². The molecule has 0 amide bonds. The Kier molecular flexibility index (Phi) is 4.04. The van der Waals surface area contributed by atoms with Crippen LogP contribution in [0.25, 0.3) is 0 Å². The lowest BCUT2D eigenvalue weighted by Crippen LogP contribution is -2.16. The van der Waals surface area contributed by atoms with Gasteiger partial charge in [0.15, 0.2) is 0 Å². The van der Waals surface area contributed by atoms with E-state index >= 15 is 0 Å². The van der Waals surface area contributed by atoms with E-state index in [2.05, 4.69) is 17.2 Å². The summed E-state index contributed by atoms with van der Waals surface area (Å²) < 4.78 is 12.9. The van der Waals surface area contributed by atoms with Crippen LogP contribution in [-0.4, -0.2) is 22.0 Å². The first-order valence-electron chi connectivity index (χ1n) is 5.77. The van der Waals surface area contributed by atoms with Crippen molar-refractivity contribution in [3.8, 4) is 0 Å². The molecule has 0 bridgehead atoms. The second-order valence-electron chi connectivity index (χ2n) is 4.10. The molecule has 0 aliphatic heterocycles. The van der Waals surface area contributed by atoms with Crippen molar-refractivity contribution in [2.45, 2.75) is 37.5 Å². The SMILES string of the molecule is CCSC1CCC(Nc2ccnc(F)c2)C1. The van der Waals surface area contributed by atoms with E-state index in [4.69, 9.17) is 0 Å². The highest BCUT2D eigenvalue weighted by molar-refractivity contribution is 7.99. The number of halogens is 1. The highest BCUT2D eigenvalue weighted by atomic mass is 32.2. The molecule has 1 fully saturated rings. The Balaban J connectivity index is 1.87. The van der Waals surface area contributed by atoms with E-state index in [-0.39, 0.29) is 0 Å². The third-order valence-corrected chi connectivity index (χ3v) is 4.12. The predicted octanol–water partition coefficient (Wildman–Crippen LogP) is 3.31. The molecule has 1 heterocycles. The molecule has 2 atom stereocenters. The summed E-state index contributed by atoms with van der Waals surface area (Å²) in [5.41, 5.74) is 0.847. The maximum atomic E-state index is 12.9. The van der Waals surface area contributed by atoms with Crippen LogP contribution in [0.5, 0.6) is 0 Å². The number of pyridine rings is 1. The summed E-state index contributed by atoms with van der Waals surface area (Å²) in [6.07, 6.45) is 5.14. The summed E-state index contributed by atoms with van der Waals surface area (Å²) in [6.45, 7) is 2.20. The van der Waals surface area contributed by atoms with Crippen molar-refractivity contribution < 1.29 is 4.39 Å². The largest absolute Gasteiger partial charge is 0.382 e. The van der Waals surface area contributed by atoms with Gasteiger partial charge in [-0.05, 0) is 31.1 Å². The highest BCUT2D eigenvalue weighted by Gasteiger charge is 2.24. The quantitative estimate of drug-likeness (QED) is 0.817. The molecule has 0 radical (unpaired) electrons. The van der Waals surface area contributed by atoms with Crippen LogP contribution in [0.3, 0.4) is 0 Å². The summed E-state index contributed by atoms with van der Waals surface area (Å²) >= 11 is 2.03. The van der Waals surface area contributed by atoms with Gasteiger partial charge in [-0.3, -0.25) is 0 Å². The zero-order valence-corrected chi connectivity index (χ0v) is 10.3. The minimum Gasteiger partial charge on any atom is -0.382 e. The molecule has 1 N–H and O–H groups in total. The number of nitrogens with one attached hydrogen (secondary N) is 1. The molecule has 1 aliphatic carbocycles. The first-order valence-corrected chi connectivity index (χ1v) is 6.82. The maximum absolute atomic E-state index is 12.9. The molecule has 1 saturated carbocycles. The second-order valence-corrected chi connectivity index (χ2v) is 5.68. The molecule has 0 aromatic carbocycles. The standard InChI is InChI=1S/C12H17FN2S/c1-2-16-11-4-3-9(7-11)15-10-5-6-14-12(13)8-10/h5-6,8-9,11H,2-4,7H2,1H3,(H,14,15). The Morgan fingerprint density at radius 1 is 1.56 bits per heavy atom. The summed E-state index contributed by atoms with van der Waals surface area (Å²) in [4.78, 5) is 3.55. The van der Waals surface area contributed by atoms with Crippen molar-refractivity contribution in [1.82, 2.24) is 4.98 Å². The summed E-state index contributed by atoms with van der Waals surface area (Å²) in [5.74, 6) is 0.767. The van der Waals surface area contributed by atoms with E-state index in [1.165, 1.54) is 37.3 Å². The Bertz CT molecular complexity index is 346. The molecule has 1 aliphatic rings. The van der Waals surface area contributed by atoms with E-state index < -0.39 is 5.95 Å². The van der Waals surface area contributed by atoms with Crippen LogP contribution < -0.4 is 5.32 Å². The molecule has 4 heteroatoms. The fraction of sp³-hybridized carbons (Fsp3) is 0.583. The summed E-state index contributed by atoms with van der Waals surface area (Å²) in [7, 11) is 0. The van der Waals surface area contributed by atoms with Gasteiger partial charge < -0.3 is 5.32 Å². The number of nitrogens with zero attached hydrogens (tertiary/aromatic N) is 1. The Morgan fingerprint density at radius 2 is 2.44 bits per heavy atom. The number of rotatable bonds is 4. The number of anilines is 1. The normalized spacial score (nSPS) is 24.6. The van der Waals surface area contributed by atoms with Crippen molar-refractivity contribution >= 4 is 17.4 Å². The molecule has 88 valence electrons. The average Bonchev–Trinajstić information content (AvgIpc) is 2.66. The molecule has 1 aromatic heterocycles. The van der Waals surface area contributed by atoms with Crippen LogP contribution in [0.4, 0.5) is 10.1 Å². The number of hydrogen-bond acceptors (Lipinski definition) is 3. The van der Waals surface area contributed by atoms with Gasteiger partial charge in [-0.25, -0.2) is 4.98 Å². The summed E-state index contributed by atoms with van der Waals surface area (Å²) in [5, 5.41) is 4.15. The third-order valence-electron chi connectivity index (χ3n) is 2.88. The van der Waals surface area contributed by atoms with Gasteiger partial charge >= 0.3 is 0 Å². The average molecular weight is 240 g/mol. The van der Waals surface area contributed by atoms with E-state index in [9.17, 15) is 4.39 Å². The lowest BCUT2D eigenvalue weighted by molar-refractivity contribution is 0.583. The first kappa shape index (κ1) is 11.7. The molecule has 2 nitrogen and oxygen atoms in total. The van der Waals surface area contributed by atoms with Gasteiger partial charge in [0.2, 0.25) is 5.95 Å². The number of aromatic nitrogens is 1. The number of thioether (sulfide) groups is 1. The monoisotopic (exact) mass is 240 g/mol. The van der Waals surface area contributed by atoms with E-state index in [1.54, 1.807) is 0 Å². The Labute approximate surface area is 100 Å². The van der Waals surface area contributed by atoms with Crippen LogP contribution in [0.15, 0.2) is 18.3 Å². The van der Waals surface area contributed by atoms with Gasteiger partial charge in [0.25, 0.3) is 0 Å². The smallest absolute Gasteiger partial charge is 0.214 e. The number of hydrogen-bond donors (Lipinski definition) is 1. The van der Waals surface area contributed by atoms with Crippen LogP contribution in [-0.2, 0) is 0 Å². The molecule has 2 unspecified atom stereocenters. The fourth-order valence-electron chi connectivity index (χ4n) is 2.19. The van der Waals surface area contributed by atoms with Gasteiger partial charge in [0.05, 0.1) is 0 Å². The summed E-state index contributed by atoms with van der Waals surface area (Å²) in [6, 6.07) is 3.77. The fourth-order valence-corrected chi connectivity index (χ4v) is 3.33. The molecule has 0 saturated heterocycles. The van der Waals surface area contributed by atoms with Crippen LogP contribution >= 0.6 is 11.8 Å². The zero-order valence-electron chi connectivity index (χ0n) is 9.45. The molecular weight excluding hydrogens is 223 g/mol. The maximum Gasteiger partial charge on any atom is 0.214 e. The molecule has 2 rings (SSSR count). The topological polar surface area (TPSA) is 24.9 Å². The van der Waals surface area contributed by atoms with Crippen molar-refractivity contribution in [3.05, 3.63) is 24.3 Å². The highest BCUT2D eigenvalue weighted by Crippen LogP contribution is 2.31. The molecular formula is C12H17FN2S. The molecule has 0 spiro atoms. The predicted molar refractivity (Wildman–Crippen MR) is 67.4 cm³/mol. The van der Waals surface area contributed by atoms with Gasteiger partial charge in [-0.1, -0.05) is 6.92 Å². The molecule has 16 heavy (non-hydrogen) atoms. The minimum atomic E-state index is -0.414. The zero-order chi connectivity index (χ0) is 11.4. The lowest BCUT2D eigenvalue weighted by Gasteiger charge is -2.14.